The summed E-state index contributed by atoms with van der Waals surface area (Å²) in [6.07, 6.45) is 2.63. The van der Waals surface area contributed by atoms with Gasteiger partial charge in [-0.25, -0.2) is 4.39 Å². The first-order valence-corrected chi connectivity index (χ1v) is 6.56. The Bertz CT molecular complexity index is 774. The van der Waals surface area contributed by atoms with Crippen LogP contribution >= 0.6 is 0 Å². The number of carbonyl (C=O) groups excluding carboxylic acids is 1. The van der Waals surface area contributed by atoms with Crippen LogP contribution in [-0.2, 0) is 4.79 Å². The zero-order valence-corrected chi connectivity index (χ0v) is 12.2. The highest BCUT2D eigenvalue weighted by molar-refractivity contribution is 6.03. The van der Waals surface area contributed by atoms with E-state index in [-0.39, 0.29) is 11.4 Å². The summed E-state index contributed by atoms with van der Waals surface area (Å²) < 4.78 is 18.1. The van der Waals surface area contributed by atoms with Gasteiger partial charge in [-0.2, -0.15) is 0 Å². The van der Waals surface area contributed by atoms with Crippen LogP contribution in [0.4, 0.5) is 15.8 Å². The number of hydrogen-bond donors (Lipinski definition) is 1. The van der Waals surface area contributed by atoms with Gasteiger partial charge >= 0.3 is 0 Å². The first-order valence-electron chi connectivity index (χ1n) is 6.56. The molecule has 0 fully saturated rings. The molecule has 0 aliphatic carbocycles. The van der Waals surface area contributed by atoms with E-state index in [1.165, 1.54) is 55.7 Å². The Balaban J connectivity index is 2.16. The molecule has 0 saturated heterocycles. The summed E-state index contributed by atoms with van der Waals surface area (Å²) in [4.78, 5) is 22.1. The average Bonchev–Trinajstić information content (AvgIpc) is 2.53. The van der Waals surface area contributed by atoms with Gasteiger partial charge in [-0.05, 0) is 29.8 Å². The minimum Gasteiger partial charge on any atom is -0.495 e. The number of nitrogens with zero attached hydrogens (tertiary/aromatic N) is 1. The van der Waals surface area contributed by atoms with Crippen molar-refractivity contribution in [3.8, 4) is 5.75 Å². The van der Waals surface area contributed by atoms with Crippen molar-refractivity contribution in [3.63, 3.8) is 0 Å². The van der Waals surface area contributed by atoms with Crippen molar-refractivity contribution in [1.29, 1.82) is 0 Å². The molecule has 2 rings (SSSR count). The fraction of sp³-hybridized carbons (Fsp3) is 0.0625. The second-order valence-electron chi connectivity index (χ2n) is 4.52. The molecular weight excluding hydrogens is 303 g/mol. The highest BCUT2D eigenvalue weighted by Gasteiger charge is 2.12. The van der Waals surface area contributed by atoms with E-state index in [1.807, 2.05) is 0 Å². The molecule has 23 heavy (non-hydrogen) atoms. The van der Waals surface area contributed by atoms with Crippen LogP contribution in [0, 0.1) is 15.9 Å². The number of anilines is 1. The van der Waals surface area contributed by atoms with Crippen LogP contribution in [0.3, 0.4) is 0 Å². The number of nitro benzene ring substituents is 1. The summed E-state index contributed by atoms with van der Waals surface area (Å²) in [5.74, 6) is -0.635. The minimum atomic E-state index is -0.572. The molecule has 0 bridgehead atoms. The molecule has 0 radical (unpaired) electrons. The number of ether oxygens (including phenoxy) is 1. The Kier molecular flexibility index (Phi) is 5.03. The van der Waals surface area contributed by atoms with E-state index in [0.717, 1.165) is 0 Å². The lowest BCUT2D eigenvalue weighted by Crippen LogP contribution is -2.09. The Labute approximate surface area is 131 Å². The zero-order chi connectivity index (χ0) is 16.8. The number of rotatable bonds is 5. The first-order chi connectivity index (χ1) is 11.0. The van der Waals surface area contributed by atoms with Gasteiger partial charge in [0.2, 0.25) is 5.91 Å². The van der Waals surface area contributed by atoms with Gasteiger partial charge in [0.15, 0.2) is 0 Å². The van der Waals surface area contributed by atoms with Gasteiger partial charge in [-0.1, -0.05) is 12.1 Å². The van der Waals surface area contributed by atoms with Gasteiger partial charge in [0.1, 0.15) is 11.6 Å². The first kappa shape index (κ1) is 16.2. The lowest BCUT2D eigenvalue weighted by atomic mass is 10.2. The molecular formula is C16H13FN2O4. The van der Waals surface area contributed by atoms with Crippen LogP contribution in [-0.4, -0.2) is 17.9 Å². The molecule has 0 saturated carbocycles. The molecule has 0 heterocycles. The molecule has 1 amide bonds. The topological polar surface area (TPSA) is 81.5 Å². The largest absolute Gasteiger partial charge is 0.495 e. The fourth-order valence-corrected chi connectivity index (χ4v) is 1.86. The minimum absolute atomic E-state index is 0.171. The van der Waals surface area contributed by atoms with Gasteiger partial charge < -0.3 is 10.1 Å². The maximum atomic E-state index is 13.0. The van der Waals surface area contributed by atoms with Crippen molar-refractivity contribution in [1.82, 2.24) is 0 Å². The highest BCUT2D eigenvalue weighted by Crippen LogP contribution is 2.28. The molecule has 7 heteroatoms. The number of nitro groups is 1. The van der Waals surface area contributed by atoms with Crippen molar-refractivity contribution >= 4 is 23.4 Å². The van der Waals surface area contributed by atoms with Crippen molar-refractivity contribution in [2.75, 3.05) is 12.4 Å². The quantitative estimate of drug-likeness (QED) is 0.521. The summed E-state index contributed by atoms with van der Waals surface area (Å²) in [5.41, 5.74) is 0.525. The number of carbonyl (C=O) groups is 1. The van der Waals surface area contributed by atoms with Crippen LogP contribution in [0.15, 0.2) is 48.5 Å². The van der Waals surface area contributed by atoms with Gasteiger partial charge in [0.25, 0.3) is 5.69 Å². The summed E-state index contributed by atoms with van der Waals surface area (Å²) in [6, 6.07) is 9.61. The Morgan fingerprint density at radius 2 is 2.09 bits per heavy atom. The van der Waals surface area contributed by atoms with Crippen molar-refractivity contribution in [2.45, 2.75) is 0 Å². The normalized spacial score (nSPS) is 10.5. The molecule has 0 aliphatic rings. The van der Waals surface area contributed by atoms with Crippen LogP contribution < -0.4 is 10.1 Å². The number of non-ortho nitro benzene ring substituents is 1. The Morgan fingerprint density at radius 3 is 2.74 bits per heavy atom. The maximum absolute atomic E-state index is 13.0. The molecule has 2 aromatic rings. The van der Waals surface area contributed by atoms with E-state index >= 15 is 0 Å². The van der Waals surface area contributed by atoms with Crippen molar-refractivity contribution < 1.29 is 18.8 Å². The average molecular weight is 316 g/mol. The van der Waals surface area contributed by atoms with E-state index in [0.29, 0.717) is 11.3 Å². The predicted molar refractivity (Wildman–Crippen MR) is 83.7 cm³/mol. The molecule has 6 nitrogen and oxygen atoms in total. The van der Waals surface area contributed by atoms with E-state index in [9.17, 15) is 19.3 Å². The summed E-state index contributed by atoms with van der Waals surface area (Å²) >= 11 is 0. The number of benzene rings is 2. The van der Waals surface area contributed by atoms with Crippen LogP contribution in [0.2, 0.25) is 0 Å². The number of amides is 1. The van der Waals surface area contributed by atoms with Crippen molar-refractivity contribution in [2.24, 2.45) is 0 Å². The molecule has 0 aromatic heterocycles. The molecule has 0 spiro atoms. The van der Waals surface area contributed by atoms with E-state index in [1.54, 1.807) is 6.07 Å². The zero-order valence-electron chi connectivity index (χ0n) is 12.2. The standard InChI is InChI=1S/C16H13FN2O4/c1-23-15-7-6-13(19(21)22)10-14(15)18-16(20)8-5-11-3-2-4-12(17)9-11/h2-10H,1H3,(H,18,20). The van der Waals surface area contributed by atoms with Gasteiger partial charge in [-0.15, -0.1) is 0 Å². The van der Waals surface area contributed by atoms with Crippen LogP contribution in [0.25, 0.3) is 6.08 Å². The van der Waals surface area contributed by atoms with E-state index in [4.69, 9.17) is 4.74 Å². The van der Waals surface area contributed by atoms with Crippen LogP contribution in [0.5, 0.6) is 5.75 Å². The van der Waals surface area contributed by atoms with Gasteiger partial charge in [-0.3, -0.25) is 14.9 Å². The van der Waals surface area contributed by atoms with Gasteiger partial charge in [0.05, 0.1) is 17.7 Å². The lowest BCUT2D eigenvalue weighted by Gasteiger charge is -2.08. The molecule has 0 unspecified atom stereocenters. The Morgan fingerprint density at radius 1 is 1.30 bits per heavy atom. The number of methoxy groups -OCH3 is 1. The predicted octanol–water partition coefficient (Wildman–Crippen LogP) is 3.39. The van der Waals surface area contributed by atoms with Gasteiger partial charge in [0, 0.05) is 18.2 Å². The fourth-order valence-electron chi connectivity index (χ4n) is 1.86. The van der Waals surface area contributed by atoms with E-state index in [2.05, 4.69) is 5.32 Å². The monoisotopic (exact) mass is 316 g/mol. The summed E-state index contributed by atoms with van der Waals surface area (Å²) in [5, 5.41) is 13.3. The van der Waals surface area contributed by atoms with Crippen LogP contribution in [0.1, 0.15) is 5.56 Å². The molecule has 0 aliphatic heterocycles. The Hall–Kier alpha value is -3.22. The number of nitrogens with one attached hydrogen (secondary N) is 1. The lowest BCUT2D eigenvalue weighted by molar-refractivity contribution is -0.384. The second-order valence-corrected chi connectivity index (χ2v) is 4.52. The number of hydrogen-bond acceptors (Lipinski definition) is 4. The second kappa shape index (κ2) is 7.17. The third-order valence-electron chi connectivity index (χ3n) is 2.93. The molecule has 0 atom stereocenters. The summed E-state index contributed by atoms with van der Waals surface area (Å²) in [6.45, 7) is 0. The maximum Gasteiger partial charge on any atom is 0.271 e. The van der Waals surface area contributed by atoms with E-state index < -0.39 is 16.6 Å². The highest BCUT2D eigenvalue weighted by atomic mass is 19.1. The molecule has 2 aromatic carbocycles. The third kappa shape index (κ3) is 4.37. The SMILES string of the molecule is COc1ccc([N+](=O)[O-])cc1NC(=O)C=Cc1cccc(F)c1. The molecule has 118 valence electrons. The smallest absolute Gasteiger partial charge is 0.271 e. The number of halogens is 1. The summed E-state index contributed by atoms with van der Waals surface area (Å²) in [7, 11) is 1.39. The van der Waals surface area contributed by atoms with Crippen molar-refractivity contribution in [3.05, 3.63) is 70.0 Å². The third-order valence-corrected chi connectivity index (χ3v) is 2.93. The molecule has 1 N–H and O–H groups in total.